The van der Waals surface area contributed by atoms with Crippen LogP contribution in [-0.2, 0) is 31.3 Å². The van der Waals surface area contributed by atoms with Crippen LogP contribution in [0.3, 0.4) is 0 Å². The third-order valence-electron chi connectivity index (χ3n) is 5.85. The predicted octanol–water partition coefficient (Wildman–Crippen LogP) is 3.17. The molecule has 1 saturated heterocycles. The van der Waals surface area contributed by atoms with Crippen LogP contribution >= 0.6 is 24.0 Å². The summed E-state index contributed by atoms with van der Waals surface area (Å²) in [5.74, 6) is 0.853. The molecule has 1 aromatic heterocycles. The molecule has 1 aliphatic heterocycles. The van der Waals surface area contributed by atoms with Crippen LogP contribution in [0.4, 0.5) is 0 Å². The van der Waals surface area contributed by atoms with Gasteiger partial charge in [-0.25, -0.2) is 4.99 Å². The molecular formula is C24H39IN6O. The van der Waals surface area contributed by atoms with Gasteiger partial charge in [0.15, 0.2) is 5.96 Å². The normalized spacial score (nSPS) is 15.8. The zero-order valence-corrected chi connectivity index (χ0v) is 22.5. The Labute approximate surface area is 210 Å². The Bertz CT molecular complexity index is 858. The van der Waals surface area contributed by atoms with Gasteiger partial charge >= 0.3 is 0 Å². The van der Waals surface area contributed by atoms with Gasteiger partial charge in [0.25, 0.3) is 0 Å². The van der Waals surface area contributed by atoms with Gasteiger partial charge in [0.05, 0.1) is 25.5 Å². The molecule has 0 radical (unpaired) electrons. The number of halogens is 1. The van der Waals surface area contributed by atoms with Crippen molar-refractivity contribution in [2.75, 3.05) is 32.8 Å². The van der Waals surface area contributed by atoms with Crippen molar-refractivity contribution < 1.29 is 4.74 Å². The minimum Gasteiger partial charge on any atom is -0.379 e. The average Bonchev–Trinajstić information content (AvgIpc) is 3.00. The van der Waals surface area contributed by atoms with Crippen LogP contribution in [0, 0.1) is 13.8 Å². The molecule has 178 valence electrons. The van der Waals surface area contributed by atoms with E-state index in [1.165, 1.54) is 22.4 Å². The number of rotatable bonds is 8. The van der Waals surface area contributed by atoms with Crippen molar-refractivity contribution in [2.45, 2.75) is 53.2 Å². The third-order valence-corrected chi connectivity index (χ3v) is 5.85. The van der Waals surface area contributed by atoms with Crippen LogP contribution in [0.25, 0.3) is 0 Å². The Morgan fingerprint density at radius 2 is 1.81 bits per heavy atom. The minimum atomic E-state index is 0. The standard InChI is InChI=1S/C24H38N6O.HI/c1-6-25-24(27-18(2)15-23-19(3)28-29(5)20(23)4)26-16-21-7-9-22(10-8-21)17-30-11-13-31-14-12-30;/h7-10,18H,6,11-17H2,1-5H3,(H2,25,26,27);1H. The first-order valence-electron chi connectivity index (χ1n) is 11.4. The second kappa shape index (κ2) is 13.2. The molecule has 1 atom stereocenters. The highest BCUT2D eigenvalue weighted by molar-refractivity contribution is 14.0. The molecule has 1 unspecified atom stereocenters. The van der Waals surface area contributed by atoms with Crippen molar-refractivity contribution in [3.05, 3.63) is 52.3 Å². The first-order chi connectivity index (χ1) is 15.0. The van der Waals surface area contributed by atoms with Gasteiger partial charge in [0, 0.05) is 45.0 Å². The van der Waals surface area contributed by atoms with Crippen LogP contribution in [0.2, 0.25) is 0 Å². The van der Waals surface area contributed by atoms with E-state index in [0.29, 0.717) is 6.54 Å². The van der Waals surface area contributed by atoms with Crippen LogP contribution in [-0.4, -0.2) is 59.5 Å². The van der Waals surface area contributed by atoms with E-state index in [1.54, 1.807) is 0 Å². The molecule has 0 aliphatic carbocycles. The molecule has 2 heterocycles. The summed E-state index contributed by atoms with van der Waals surface area (Å²) in [5, 5.41) is 11.5. The fourth-order valence-corrected chi connectivity index (χ4v) is 3.96. The van der Waals surface area contributed by atoms with Crippen LogP contribution in [0.5, 0.6) is 0 Å². The number of benzene rings is 1. The summed E-state index contributed by atoms with van der Waals surface area (Å²) in [4.78, 5) is 7.25. The molecule has 2 aromatic rings. The molecule has 8 heteroatoms. The summed E-state index contributed by atoms with van der Waals surface area (Å²) in [7, 11) is 2.00. The van der Waals surface area contributed by atoms with E-state index in [2.05, 4.69) is 72.6 Å². The van der Waals surface area contributed by atoms with Crippen molar-refractivity contribution in [1.29, 1.82) is 0 Å². The Morgan fingerprint density at radius 1 is 1.16 bits per heavy atom. The van der Waals surface area contributed by atoms with Crippen LogP contribution in [0.15, 0.2) is 29.3 Å². The van der Waals surface area contributed by atoms with Crippen molar-refractivity contribution in [3.63, 3.8) is 0 Å². The van der Waals surface area contributed by atoms with E-state index in [-0.39, 0.29) is 30.0 Å². The summed E-state index contributed by atoms with van der Waals surface area (Å²) in [5.41, 5.74) is 6.21. The van der Waals surface area contributed by atoms with E-state index in [9.17, 15) is 0 Å². The molecule has 2 N–H and O–H groups in total. The predicted molar refractivity (Wildman–Crippen MR) is 142 cm³/mol. The SMILES string of the molecule is CCNC(=NCc1ccc(CN2CCOCC2)cc1)NC(C)Cc1c(C)nn(C)c1C.I. The Balaban J connectivity index is 0.00000363. The first-order valence-corrected chi connectivity index (χ1v) is 11.4. The van der Waals surface area contributed by atoms with E-state index in [1.807, 2.05) is 11.7 Å². The van der Waals surface area contributed by atoms with Crippen LogP contribution in [0.1, 0.15) is 41.9 Å². The molecule has 0 spiro atoms. The number of guanidine groups is 1. The van der Waals surface area contributed by atoms with Gasteiger partial charge in [-0.05, 0) is 50.8 Å². The first kappa shape index (κ1) is 26.6. The lowest BCUT2D eigenvalue weighted by atomic mass is 10.1. The second-order valence-corrected chi connectivity index (χ2v) is 8.42. The van der Waals surface area contributed by atoms with Crippen molar-refractivity contribution in [3.8, 4) is 0 Å². The Hall–Kier alpha value is -1.65. The lowest BCUT2D eigenvalue weighted by molar-refractivity contribution is 0.0342. The lowest BCUT2D eigenvalue weighted by Gasteiger charge is -2.26. The summed E-state index contributed by atoms with van der Waals surface area (Å²) in [6, 6.07) is 9.08. The van der Waals surface area contributed by atoms with E-state index < -0.39 is 0 Å². The average molecular weight is 555 g/mol. The smallest absolute Gasteiger partial charge is 0.191 e. The Morgan fingerprint density at radius 3 is 2.41 bits per heavy atom. The minimum absolute atomic E-state index is 0. The Kier molecular flexibility index (Phi) is 10.9. The highest BCUT2D eigenvalue weighted by atomic mass is 127. The number of nitrogens with zero attached hydrogens (tertiary/aromatic N) is 4. The molecule has 3 rings (SSSR count). The summed E-state index contributed by atoms with van der Waals surface area (Å²) < 4.78 is 7.39. The molecule has 0 bridgehead atoms. The second-order valence-electron chi connectivity index (χ2n) is 8.42. The molecule has 7 nitrogen and oxygen atoms in total. The molecule has 32 heavy (non-hydrogen) atoms. The molecule has 1 aliphatic rings. The molecular weight excluding hydrogens is 515 g/mol. The zero-order chi connectivity index (χ0) is 22.2. The summed E-state index contributed by atoms with van der Waals surface area (Å²) in [6.07, 6.45) is 0.923. The van der Waals surface area contributed by atoms with E-state index in [4.69, 9.17) is 9.73 Å². The lowest BCUT2D eigenvalue weighted by Crippen LogP contribution is -2.43. The summed E-state index contributed by atoms with van der Waals surface area (Å²) >= 11 is 0. The van der Waals surface area contributed by atoms with Crippen LogP contribution < -0.4 is 10.6 Å². The number of ether oxygens (including phenoxy) is 1. The number of aliphatic imine (C=N–C) groups is 1. The molecule has 1 fully saturated rings. The van der Waals surface area contributed by atoms with Gasteiger partial charge in [-0.2, -0.15) is 5.10 Å². The fraction of sp³-hybridized carbons (Fsp3) is 0.583. The number of aromatic nitrogens is 2. The van der Waals surface area contributed by atoms with Gasteiger partial charge in [0.2, 0.25) is 0 Å². The number of hydrogen-bond donors (Lipinski definition) is 2. The number of morpholine rings is 1. The van der Waals surface area contributed by atoms with Crippen molar-refractivity contribution in [1.82, 2.24) is 25.3 Å². The maximum Gasteiger partial charge on any atom is 0.191 e. The number of hydrogen-bond acceptors (Lipinski definition) is 4. The monoisotopic (exact) mass is 554 g/mol. The maximum absolute atomic E-state index is 5.43. The van der Waals surface area contributed by atoms with E-state index >= 15 is 0 Å². The molecule has 1 aromatic carbocycles. The molecule has 0 saturated carbocycles. The number of aryl methyl sites for hydroxylation is 2. The van der Waals surface area contributed by atoms with Gasteiger partial charge in [-0.3, -0.25) is 9.58 Å². The topological polar surface area (TPSA) is 66.7 Å². The van der Waals surface area contributed by atoms with Crippen molar-refractivity contribution >= 4 is 29.9 Å². The third kappa shape index (κ3) is 7.74. The van der Waals surface area contributed by atoms with Crippen molar-refractivity contribution in [2.24, 2.45) is 12.0 Å². The van der Waals surface area contributed by atoms with Gasteiger partial charge in [-0.1, -0.05) is 24.3 Å². The molecule has 0 amide bonds. The number of nitrogens with one attached hydrogen (secondary N) is 2. The zero-order valence-electron chi connectivity index (χ0n) is 20.1. The summed E-state index contributed by atoms with van der Waals surface area (Å²) in [6.45, 7) is 14.7. The fourth-order valence-electron chi connectivity index (χ4n) is 3.96. The van der Waals surface area contributed by atoms with Gasteiger partial charge in [-0.15, -0.1) is 24.0 Å². The van der Waals surface area contributed by atoms with Gasteiger partial charge in [0.1, 0.15) is 0 Å². The maximum atomic E-state index is 5.43. The largest absolute Gasteiger partial charge is 0.379 e. The van der Waals surface area contributed by atoms with Gasteiger partial charge < -0.3 is 15.4 Å². The van der Waals surface area contributed by atoms with E-state index in [0.717, 1.165) is 57.5 Å². The highest BCUT2D eigenvalue weighted by Crippen LogP contribution is 2.14. The highest BCUT2D eigenvalue weighted by Gasteiger charge is 2.14. The quantitative estimate of drug-likeness (QED) is 0.298.